The maximum Gasteiger partial charge on any atom is 0.253 e. The normalized spacial score (nSPS) is 18.3. The van der Waals surface area contributed by atoms with E-state index in [1.54, 1.807) is 7.11 Å². The molecule has 184 valence electrons. The lowest BCUT2D eigenvalue weighted by Gasteiger charge is -2.43. The molecule has 1 aliphatic rings. The van der Waals surface area contributed by atoms with Gasteiger partial charge in [0.1, 0.15) is 5.75 Å². The van der Waals surface area contributed by atoms with E-state index in [1.807, 2.05) is 43.0 Å². The largest absolute Gasteiger partial charge is 0.497 e. The van der Waals surface area contributed by atoms with Crippen LogP contribution in [0.15, 0.2) is 60.2 Å². The van der Waals surface area contributed by atoms with Crippen molar-refractivity contribution in [2.75, 3.05) is 44.7 Å². The number of amides is 1. The Bertz CT molecular complexity index is 962. The summed E-state index contributed by atoms with van der Waals surface area (Å²) in [6, 6.07) is 16.8. The summed E-state index contributed by atoms with van der Waals surface area (Å²) >= 11 is 0. The first-order chi connectivity index (χ1) is 16.4. The van der Waals surface area contributed by atoms with Crippen LogP contribution in [-0.2, 0) is 0 Å². The van der Waals surface area contributed by atoms with Gasteiger partial charge in [0, 0.05) is 61.8 Å². The van der Waals surface area contributed by atoms with Crippen molar-refractivity contribution in [2.24, 2.45) is 5.92 Å². The van der Waals surface area contributed by atoms with Gasteiger partial charge >= 0.3 is 0 Å². The molecule has 1 heterocycles. The minimum atomic E-state index is 0.0884. The fraction of sp³-hybridized carbons (Fsp3) is 0.483. The number of hydrogen-bond acceptors (Lipinski definition) is 4. The van der Waals surface area contributed by atoms with Gasteiger partial charge in [0.25, 0.3) is 5.91 Å². The Hall–Kier alpha value is -2.79. The lowest BCUT2D eigenvalue weighted by Crippen LogP contribution is -2.48. The van der Waals surface area contributed by atoms with Gasteiger partial charge in [-0.25, -0.2) is 0 Å². The molecule has 1 saturated heterocycles. The van der Waals surface area contributed by atoms with Gasteiger partial charge in [-0.3, -0.25) is 9.69 Å². The number of nitrogens with zero attached hydrogens (tertiary/aromatic N) is 3. The number of carbonyl (C=O) groups excluding carboxylic acids is 1. The molecule has 5 nitrogen and oxygen atoms in total. The fourth-order valence-corrected chi connectivity index (χ4v) is 4.83. The van der Waals surface area contributed by atoms with Crippen LogP contribution in [0.2, 0.25) is 0 Å². The highest BCUT2D eigenvalue weighted by molar-refractivity contribution is 5.94. The van der Waals surface area contributed by atoms with Crippen LogP contribution in [-0.4, -0.2) is 61.6 Å². The summed E-state index contributed by atoms with van der Waals surface area (Å²) < 4.78 is 5.54. The van der Waals surface area contributed by atoms with Crippen molar-refractivity contribution in [3.8, 4) is 5.75 Å². The minimum absolute atomic E-state index is 0.0884. The average Bonchev–Trinajstić information content (AvgIpc) is 2.85. The van der Waals surface area contributed by atoms with Crippen molar-refractivity contribution in [1.82, 2.24) is 9.80 Å². The molecule has 1 aliphatic heterocycles. The standard InChI is InChI=1S/C29H41N3O2/c1-7-31(8-2)29(33)24-12-14-25(15-13-24)32(26-10-9-11-27(20-26)34-6)28-17-19-30(21-23(28)5)18-16-22(3)4/h9-16,20,23,28H,7-8,17-19,21H2,1-6H3/t23-,28+/m1/s1. The number of piperidine rings is 1. The highest BCUT2D eigenvalue weighted by Gasteiger charge is 2.32. The van der Waals surface area contributed by atoms with Crippen LogP contribution in [0.1, 0.15) is 51.4 Å². The van der Waals surface area contributed by atoms with E-state index in [0.29, 0.717) is 12.0 Å². The van der Waals surface area contributed by atoms with Gasteiger partial charge in [0.2, 0.25) is 0 Å². The molecule has 0 bridgehead atoms. The molecule has 34 heavy (non-hydrogen) atoms. The van der Waals surface area contributed by atoms with Crippen molar-refractivity contribution >= 4 is 17.3 Å². The quantitative estimate of drug-likeness (QED) is 0.428. The smallest absolute Gasteiger partial charge is 0.253 e. The zero-order chi connectivity index (χ0) is 24.7. The predicted octanol–water partition coefficient (Wildman–Crippen LogP) is 5.99. The first kappa shape index (κ1) is 25.8. The van der Waals surface area contributed by atoms with Crippen molar-refractivity contribution in [1.29, 1.82) is 0 Å². The molecule has 1 fully saturated rings. The number of benzene rings is 2. The highest BCUT2D eigenvalue weighted by atomic mass is 16.5. The van der Waals surface area contributed by atoms with Crippen LogP contribution in [0.25, 0.3) is 0 Å². The number of methoxy groups -OCH3 is 1. The SMILES string of the molecule is CCN(CC)C(=O)c1ccc(N(c2cccc(OC)c2)[C@H]2CCN(CC=C(C)C)C[C@H]2C)cc1. The number of anilines is 2. The van der Waals surface area contributed by atoms with Gasteiger partial charge in [-0.1, -0.05) is 24.6 Å². The van der Waals surface area contributed by atoms with Gasteiger partial charge in [0.05, 0.1) is 7.11 Å². The molecule has 0 saturated carbocycles. The number of rotatable bonds is 9. The van der Waals surface area contributed by atoms with E-state index in [0.717, 1.165) is 61.8 Å². The van der Waals surface area contributed by atoms with Crippen molar-refractivity contribution < 1.29 is 9.53 Å². The highest BCUT2D eigenvalue weighted by Crippen LogP contribution is 2.36. The van der Waals surface area contributed by atoms with E-state index in [-0.39, 0.29) is 5.91 Å². The van der Waals surface area contributed by atoms with Gasteiger partial charge in [-0.2, -0.15) is 0 Å². The van der Waals surface area contributed by atoms with E-state index < -0.39 is 0 Å². The van der Waals surface area contributed by atoms with Gasteiger partial charge in [-0.05, 0) is 76.4 Å². The number of ether oxygens (including phenoxy) is 1. The summed E-state index contributed by atoms with van der Waals surface area (Å²) in [6.07, 6.45) is 3.40. The number of likely N-dealkylation sites (tertiary alicyclic amines) is 1. The maximum atomic E-state index is 12.8. The summed E-state index contributed by atoms with van der Waals surface area (Å²) in [5.41, 5.74) is 4.34. The van der Waals surface area contributed by atoms with Crippen molar-refractivity contribution in [3.05, 3.63) is 65.7 Å². The summed E-state index contributed by atoms with van der Waals surface area (Å²) in [6.45, 7) is 15.3. The second-order valence-electron chi connectivity index (χ2n) is 9.47. The molecule has 0 spiro atoms. The third-order valence-corrected chi connectivity index (χ3v) is 6.81. The number of carbonyl (C=O) groups is 1. The van der Waals surface area contributed by atoms with Gasteiger partial charge in [-0.15, -0.1) is 0 Å². The zero-order valence-corrected chi connectivity index (χ0v) is 21.8. The third-order valence-electron chi connectivity index (χ3n) is 6.81. The van der Waals surface area contributed by atoms with E-state index in [9.17, 15) is 4.79 Å². The second-order valence-corrected chi connectivity index (χ2v) is 9.47. The van der Waals surface area contributed by atoms with E-state index in [1.165, 1.54) is 5.57 Å². The Morgan fingerprint density at radius 1 is 1.09 bits per heavy atom. The predicted molar refractivity (Wildman–Crippen MR) is 142 cm³/mol. The molecule has 2 aromatic rings. The lowest BCUT2D eigenvalue weighted by atomic mass is 9.91. The monoisotopic (exact) mass is 463 g/mol. The zero-order valence-electron chi connectivity index (χ0n) is 21.8. The molecule has 0 aliphatic carbocycles. The third kappa shape index (κ3) is 6.20. The summed E-state index contributed by atoms with van der Waals surface area (Å²) in [7, 11) is 1.71. The summed E-state index contributed by atoms with van der Waals surface area (Å²) in [4.78, 5) is 19.7. The minimum Gasteiger partial charge on any atom is -0.497 e. The van der Waals surface area contributed by atoms with E-state index >= 15 is 0 Å². The molecule has 5 heteroatoms. The van der Waals surface area contributed by atoms with Crippen LogP contribution in [0.4, 0.5) is 11.4 Å². The van der Waals surface area contributed by atoms with Crippen molar-refractivity contribution in [3.63, 3.8) is 0 Å². The fourth-order valence-electron chi connectivity index (χ4n) is 4.83. The van der Waals surface area contributed by atoms with Crippen LogP contribution in [0.3, 0.4) is 0 Å². The first-order valence-electron chi connectivity index (χ1n) is 12.6. The molecule has 0 N–H and O–H groups in total. The molecule has 0 aromatic heterocycles. The summed E-state index contributed by atoms with van der Waals surface area (Å²) in [5, 5.41) is 0. The first-order valence-corrected chi connectivity index (χ1v) is 12.6. The molecule has 2 atom stereocenters. The Kier molecular flexibility index (Phi) is 9.17. The molecule has 0 radical (unpaired) electrons. The lowest BCUT2D eigenvalue weighted by molar-refractivity contribution is 0.0773. The van der Waals surface area contributed by atoms with Crippen molar-refractivity contribution in [2.45, 2.75) is 47.1 Å². The molecular formula is C29H41N3O2. The molecule has 3 rings (SSSR count). The van der Waals surface area contributed by atoms with Crippen LogP contribution in [0.5, 0.6) is 5.75 Å². The van der Waals surface area contributed by atoms with Gasteiger partial charge in [0.15, 0.2) is 0 Å². The Labute approximate surface area is 206 Å². The maximum absolute atomic E-state index is 12.8. The molecule has 2 aromatic carbocycles. The molecule has 1 amide bonds. The van der Waals surface area contributed by atoms with E-state index in [4.69, 9.17) is 4.74 Å². The topological polar surface area (TPSA) is 36.0 Å². The second kappa shape index (κ2) is 12.1. The molecule has 0 unspecified atom stereocenters. The van der Waals surface area contributed by atoms with Crippen LogP contribution in [0, 0.1) is 5.92 Å². The average molecular weight is 464 g/mol. The molecular weight excluding hydrogens is 422 g/mol. The Balaban J connectivity index is 1.91. The van der Waals surface area contributed by atoms with Gasteiger partial charge < -0.3 is 14.5 Å². The Morgan fingerprint density at radius 2 is 1.79 bits per heavy atom. The number of allylic oxidation sites excluding steroid dienone is 1. The Morgan fingerprint density at radius 3 is 2.38 bits per heavy atom. The summed E-state index contributed by atoms with van der Waals surface area (Å²) in [5.74, 6) is 1.43. The van der Waals surface area contributed by atoms with Crippen LogP contribution >= 0.6 is 0 Å². The number of hydrogen-bond donors (Lipinski definition) is 0. The van der Waals surface area contributed by atoms with E-state index in [2.05, 4.69) is 60.9 Å². The van der Waals surface area contributed by atoms with Crippen LogP contribution < -0.4 is 9.64 Å².